The molecule has 5 heteroatoms. The molecular weight excluding hydrogens is 364 g/mol. The molecule has 1 aliphatic rings. The average molecular weight is 390 g/mol. The van der Waals surface area contributed by atoms with Crippen LogP contribution < -0.4 is 19.5 Å². The van der Waals surface area contributed by atoms with Crippen LogP contribution >= 0.6 is 0 Å². The number of nitrogens with one attached hydrogen (secondary N) is 1. The molecule has 0 saturated heterocycles. The number of hydrogen-bond acceptors (Lipinski definition) is 5. The van der Waals surface area contributed by atoms with Crippen molar-refractivity contribution in [2.24, 2.45) is 0 Å². The predicted molar refractivity (Wildman–Crippen MR) is 112 cm³/mol. The van der Waals surface area contributed by atoms with Gasteiger partial charge in [0.25, 0.3) is 0 Å². The minimum atomic E-state index is 0.220. The second kappa shape index (κ2) is 9.43. The lowest BCUT2D eigenvalue weighted by molar-refractivity contribution is 0.171. The van der Waals surface area contributed by atoms with Crippen LogP contribution in [0.15, 0.2) is 67.0 Å². The fourth-order valence-electron chi connectivity index (χ4n) is 3.44. The Morgan fingerprint density at radius 3 is 2.72 bits per heavy atom. The number of nitrogens with zero attached hydrogens (tertiary/aromatic N) is 1. The van der Waals surface area contributed by atoms with Gasteiger partial charge in [-0.05, 0) is 36.2 Å². The number of hydrogen-bond donors (Lipinski definition) is 1. The van der Waals surface area contributed by atoms with Gasteiger partial charge >= 0.3 is 0 Å². The van der Waals surface area contributed by atoms with Crippen LogP contribution in [0.2, 0.25) is 0 Å². The summed E-state index contributed by atoms with van der Waals surface area (Å²) in [5.41, 5.74) is 3.39. The highest BCUT2D eigenvalue weighted by Crippen LogP contribution is 2.33. The molecule has 0 amide bonds. The van der Waals surface area contributed by atoms with E-state index in [4.69, 9.17) is 14.2 Å². The molecule has 150 valence electrons. The van der Waals surface area contributed by atoms with E-state index >= 15 is 0 Å². The van der Waals surface area contributed by atoms with Crippen molar-refractivity contribution in [3.8, 4) is 17.2 Å². The van der Waals surface area contributed by atoms with Gasteiger partial charge in [0.2, 0.25) is 0 Å². The molecule has 1 N–H and O–H groups in total. The normalized spacial score (nSPS) is 13.7. The maximum absolute atomic E-state index is 6.05. The van der Waals surface area contributed by atoms with Crippen molar-refractivity contribution in [2.45, 2.75) is 32.5 Å². The Kier molecular flexibility index (Phi) is 6.27. The van der Waals surface area contributed by atoms with Crippen LogP contribution in [0.1, 0.15) is 36.1 Å². The summed E-state index contributed by atoms with van der Waals surface area (Å²) in [6.45, 7) is 4.61. The molecule has 5 nitrogen and oxygen atoms in total. The molecule has 1 aliphatic heterocycles. The number of pyridine rings is 1. The van der Waals surface area contributed by atoms with E-state index in [0.29, 0.717) is 19.8 Å². The maximum Gasteiger partial charge on any atom is 0.161 e. The van der Waals surface area contributed by atoms with Crippen molar-refractivity contribution in [3.05, 3.63) is 83.7 Å². The third-order valence-electron chi connectivity index (χ3n) is 5.01. The fraction of sp³-hybridized carbons (Fsp3) is 0.292. The van der Waals surface area contributed by atoms with Crippen molar-refractivity contribution in [1.82, 2.24) is 10.3 Å². The molecule has 1 unspecified atom stereocenters. The summed E-state index contributed by atoms with van der Waals surface area (Å²) in [7, 11) is 0. The minimum Gasteiger partial charge on any atom is -0.489 e. The summed E-state index contributed by atoms with van der Waals surface area (Å²) in [5.74, 6) is 2.54. The van der Waals surface area contributed by atoms with Crippen LogP contribution in [0.5, 0.6) is 17.2 Å². The van der Waals surface area contributed by atoms with Crippen LogP contribution in [0, 0.1) is 0 Å². The van der Waals surface area contributed by atoms with Gasteiger partial charge in [0.05, 0.1) is 0 Å². The molecular formula is C24H26N2O3. The molecule has 4 rings (SSSR count). The number of para-hydroxylation sites is 1. The SMILES string of the molecule is CCC(NCc1ccccc1OCc1cccnc1)c1ccc2c(c1)OCCO2. The van der Waals surface area contributed by atoms with Crippen LogP contribution in [0.4, 0.5) is 0 Å². The standard InChI is InChI=1S/C24H26N2O3/c1-2-21(19-9-10-23-24(14-19)28-13-12-27-23)26-16-20-7-3-4-8-22(20)29-17-18-6-5-11-25-15-18/h3-11,14-15,21,26H,2,12-13,16-17H2,1H3. The summed E-state index contributed by atoms with van der Waals surface area (Å²) in [6.07, 6.45) is 4.57. The highest BCUT2D eigenvalue weighted by Gasteiger charge is 2.16. The average Bonchev–Trinajstić information content (AvgIpc) is 2.79. The summed E-state index contributed by atoms with van der Waals surface area (Å²) in [4.78, 5) is 4.14. The van der Waals surface area contributed by atoms with Crippen LogP contribution in [0.25, 0.3) is 0 Å². The first kappa shape index (κ1) is 19.3. The number of benzene rings is 2. The highest BCUT2D eigenvalue weighted by atomic mass is 16.6. The lowest BCUT2D eigenvalue weighted by Gasteiger charge is -2.23. The van der Waals surface area contributed by atoms with Gasteiger partial charge in [-0.15, -0.1) is 0 Å². The summed E-state index contributed by atoms with van der Waals surface area (Å²) >= 11 is 0. The minimum absolute atomic E-state index is 0.220. The van der Waals surface area contributed by atoms with Crippen LogP contribution in [-0.2, 0) is 13.2 Å². The number of fused-ring (bicyclic) bond motifs is 1. The van der Waals surface area contributed by atoms with Gasteiger partial charge in [0.15, 0.2) is 11.5 Å². The van der Waals surface area contributed by atoms with Gasteiger partial charge in [-0.3, -0.25) is 4.98 Å². The summed E-state index contributed by atoms with van der Waals surface area (Å²) in [5, 5.41) is 3.66. The van der Waals surface area contributed by atoms with E-state index in [-0.39, 0.29) is 6.04 Å². The molecule has 1 atom stereocenters. The van der Waals surface area contributed by atoms with Gasteiger partial charge in [0, 0.05) is 36.1 Å². The molecule has 2 aromatic carbocycles. The second-order valence-electron chi connectivity index (χ2n) is 7.00. The first-order valence-electron chi connectivity index (χ1n) is 10.1. The zero-order chi connectivity index (χ0) is 19.9. The Morgan fingerprint density at radius 1 is 1.03 bits per heavy atom. The van der Waals surface area contributed by atoms with E-state index in [2.05, 4.69) is 35.4 Å². The molecule has 0 bridgehead atoms. The molecule has 0 radical (unpaired) electrons. The molecule has 1 aromatic heterocycles. The molecule has 0 aliphatic carbocycles. The first-order chi connectivity index (χ1) is 14.3. The molecule has 3 aromatic rings. The molecule has 2 heterocycles. The van der Waals surface area contributed by atoms with Crippen molar-refractivity contribution < 1.29 is 14.2 Å². The third-order valence-corrected chi connectivity index (χ3v) is 5.01. The van der Waals surface area contributed by atoms with Gasteiger partial charge in [-0.1, -0.05) is 37.3 Å². The van der Waals surface area contributed by atoms with E-state index in [1.807, 2.05) is 42.6 Å². The lowest BCUT2D eigenvalue weighted by atomic mass is 10.0. The summed E-state index contributed by atoms with van der Waals surface area (Å²) in [6, 6.07) is 18.5. The van der Waals surface area contributed by atoms with Crippen LogP contribution in [0.3, 0.4) is 0 Å². The Bertz CT molecular complexity index is 930. The Labute approximate surface area is 171 Å². The molecule has 0 spiro atoms. The van der Waals surface area contributed by atoms with E-state index in [0.717, 1.165) is 41.3 Å². The van der Waals surface area contributed by atoms with Crippen molar-refractivity contribution in [3.63, 3.8) is 0 Å². The number of aromatic nitrogens is 1. The summed E-state index contributed by atoms with van der Waals surface area (Å²) < 4.78 is 17.4. The predicted octanol–water partition coefficient (Wildman–Crippen LogP) is 4.67. The van der Waals surface area contributed by atoms with E-state index in [9.17, 15) is 0 Å². The van der Waals surface area contributed by atoms with Crippen molar-refractivity contribution >= 4 is 0 Å². The zero-order valence-electron chi connectivity index (χ0n) is 16.6. The topological polar surface area (TPSA) is 52.6 Å². The lowest BCUT2D eigenvalue weighted by Crippen LogP contribution is -2.21. The molecule has 0 saturated carbocycles. The smallest absolute Gasteiger partial charge is 0.161 e. The van der Waals surface area contributed by atoms with E-state index < -0.39 is 0 Å². The van der Waals surface area contributed by atoms with Gasteiger partial charge in [-0.25, -0.2) is 0 Å². The second-order valence-corrected chi connectivity index (χ2v) is 7.00. The van der Waals surface area contributed by atoms with Gasteiger partial charge in [0.1, 0.15) is 25.6 Å². The molecule has 29 heavy (non-hydrogen) atoms. The van der Waals surface area contributed by atoms with Gasteiger partial charge < -0.3 is 19.5 Å². The number of rotatable bonds is 8. The largest absolute Gasteiger partial charge is 0.489 e. The van der Waals surface area contributed by atoms with Crippen LogP contribution in [-0.4, -0.2) is 18.2 Å². The fourth-order valence-corrected chi connectivity index (χ4v) is 3.44. The van der Waals surface area contributed by atoms with E-state index in [1.54, 1.807) is 6.20 Å². The quantitative estimate of drug-likeness (QED) is 0.606. The van der Waals surface area contributed by atoms with Crippen molar-refractivity contribution in [1.29, 1.82) is 0 Å². The maximum atomic E-state index is 6.05. The molecule has 0 fully saturated rings. The Balaban J connectivity index is 1.42. The Morgan fingerprint density at radius 2 is 1.90 bits per heavy atom. The monoisotopic (exact) mass is 390 g/mol. The zero-order valence-corrected chi connectivity index (χ0v) is 16.6. The third kappa shape index (κ3) is 4.87. The van der Waals surface area contributed by atoms with Crippen molar-refractivity contribution in [2.75, 3.05) is 13.2 Å². The Hall–Kier alpha value is -3.05. The number of ether oxygens (including phenoxy) is 3. The first-order valence-corrected chi connectivity index (χ1v) is 10.1. The van der Waals surface area contributed by atoms with Gasteiger partial charge in [-0.2, -0.15) is 0 Å². The van der Waals surface area contributed by atoms with E-state index in [1.165, 1.54) is 5.56 Å². The highest BCUT2D eigenvalue weighted by molar-refractivity contribution is 5.44.